The minimum Gasteiger partial charge on any atom is -0.329 e. The fourth-order valence-electron chi connectivity index (χ4n) is 5.10. The summed E-state index contributed by atoms with van der Waals surface area (Å²) < 4.78 is 0. The van der Waals surface area contributed by atoms with E-state index >= 15 is 0 Å². The quantitative estimate of drug-likeness (QED) is 0.734. The Kier molecular flexibility index (Phi) is 5.08. The average molecular weight is 418 g/mol. The van der Waals surface area contributed by atoms with E-state index in [0.717, 1.165) is 30.6 Å². The van der Waals surface area contributed by atoms with Crippen molar-refractivity contribution >= 4 is 17.7 Å². The summed E-state index contributed by atoms with van der Waals surface area (Å²) in [5.41, 5.74) is 11.4. The second-order valence-corrected chi connectivity index (χ2v) is 8.56. The lowest BCUT2D eigenvalue weighted by Gasteiger charge is -2.36. The summed E-state index contributed by atoms with van der Waals surface area (Å²) in [6.07, 6.45) is 1.63. The van der Waals surface area contributed by atoms with Crippen LogP contribution in [0, 0.1) is 0 Å². The Bertz CT molecular complexity index is 1070. The van der Waals surface area contributed by atoms with Crippen LogP contribution in [0.3, 0.4) is 0 Å². The summed E-state index contributed by atoms with van der Waals surface area (Å²) in [5.74, 6) is -0.786. The van der Waals surface area contributed by atoms with E-state index in [4.69, 9.17) is 5.73 Å². The van der Waals surface area contributed by atoms with Gasteiger partial charge in [-0.2, -0.15) is 0 Å². The Labute approximate surface area is 181 Å². The molecule has 0 radical (unpaired) electrons. The van der Waals surface area contributed by atoms with Gasteiger partial charge in [0.05, 0.1) is 0 Å². The molecule has 7 nitrogen and oxygen atoms in total. The Morgan fingerprint density at radius 2 is 1.87 bits per heavy atom. The fraction of sp³-hybridized carbons (Fsp3) is 0.375. The molecule has 2 atom stereocenters. The number of carbonyl (C=O) groups excluding carboxylic acids is 3. The fourth-order valence-corrected chi connectivity index (χ4v) is 5.10. The van der Waals surface area contributed by atoms with Gasteiger partial charge in [0.2, 0.25) is 11.8 Å². The molecule has 2 aromatic rings. The van der Waals surface area contributed by atoms with Crippen molar-refractivity contribution < 1.29 is 14.4 Å². The van der Waals surface area contributed by atoms with Crippen molar-refractivity contribution in [3.05, 3.63) is 70.3 Å². The second kappa shape index (κ2) is 7.90. The van der Waals surface area contributed by atoms with E-state index in [1.54, 1.807) is 4.90 Å². The Morgan fingerprint density at radius 3 is 2.68 bits per heavy atom. The minimum absolute atomic E-state index is 0.134. The van der Waals surface area contributed by atoms with E-state index in [1.165, 1.54) is 11.1 Å². The van der Waals surface area contributed by atoms with Gasteiger partial charge in [-0.25, -0.2) is 0 Å². The molecule has 2 aromatic carbocycles. The van der Waals surface area contributed by atoms with Crippen LogP contribution in [0.1, 0.15) is 51.5 Å². The lowest BCUT2D eigenvalue weighted by molar-refractivity contribution is -0.136. The summed E-state index contributed by atoms with van der Waals surface area (Å²) >= 11 is 0. The second-order valence-electron chi connectivity index (χ2n) is 8.56. The van der Waals surface area contributed by atoms with E-state index in [2.05, 4.69) is 40.5 Å². The van der Waals surface area contributed by atoms with Gasteiger partial charge in [-0.3, -0.25) is 24.6 Å². The highest BCUT2D eigenvalue weighted by Crippen LogP contribution is 2.32. The molecule has 0 aliphatic carbocycles. The molecule has 0 spiro atoms. The van der Waals surface area contributed by atoms with Gasteiger partial charge in [-0.05, 0) is 41.2 Å². The molecule has 7 heteroatoms. The zero-order valence-electron chi connectivity index (χ0n) is 17.3. The number of piperidine rings is 1. The molecule has 1 fully saturated rings. The van der Waals surface area contributed by atoms with Gasteiger partial charge in [0.15, 0.2) is 0 Å². The molecule has 5 rings (SSSR count). The number of amides is 3. The number of fused-ring (bicyclic) bond motifs is 2. The SMILES string of the molecule is NCC1c2ccccc2CCN1Cc1ccc2c(c1)C(=O)N(C1CCC(=O)NC1=O)C2. The number of carbonyl (C=O) groups is 3. The van der Waals surface area contributed by atoms with Gasteiger partial charge < -0.3 is 10.6 Å². The van der Waals surface area contributed by atoms with Crippen LogP contribution in [0.25, 0.3) is 0 Å². The minimum atomic E-state index is -0.582. The molecule has 0 bridgehead atoms. The third-order valence-corrected chi connectivity index (χ3v) is 6.72. The first-order valence-corrected chi connectivity index (χ1v) is 10.8. The van der Waals surface area contributed by atoms with E-state index in [0.29, 0.717) is 25.1 Å². The van der Waals surface area contributed by atoms with Gasteiger partial charge in [-0.15, -0.1) is 0 Å². The summed E-state index contributed by atoms with van der Waals surface area (Å²) in [5, 5.41) is 2.35. The first-order valence-electron chi connectivity index (χ1n) is 10.8. The molecule has 0 saturated carbocycles. The molecule has 31 heavy (non-hydrogen) atoms. The number of nitrogens with zero attached hydrogens (tertiary/aromatic N) is 2. The molecule has 3 amide bonds. The first-order chi connectivity index (χ1) is 15.0. The molecule has 2 unspecified atom stereocenters. The van der Waals surface area contributed by atoms with Crippen LogP contribution in [0.5, 0.6) is 0 Å². The van der Waals surface area contributed by atoms with Crippen molar-refractivity contribution in [3.63, 3.8) is 0 Å². The molecular weight excluding hydrogens is 392 g/mol. The maximum absolute atomic E-state index is 13.1. The van der Waals surface area contributed by atoms with Crippen molar-refractivity contribution in [3.8, 4) is 0 Å². The van der Waals surface area contributed by atoms with Crippen molar-refractivity contribution in [1.82, 2.24) is 15.1 Å². The number of hydrogen-bond donors (Lipinski definition) is 2. The standard InChI is InChI=1S/C24H26N4O3/c25-12-21-18-4-2-1-3-16(18)9-10-27(21)13-15-5-6-17-14-28(24(31)19(17)11-15)20-7-8-22(29)26-23(20)30/h1-6,11,20-21H,7-10,12-14,25H2,(H,26,29,30). The maximum Gasteiger partial charge on any atom is 0.255 e. The summed E-state index contributed by atoms with van der Waals surface area (Å²) in [4.78, 5) is 40.7. The van der Waals surface area contributed by atoms with Gasteiger partial charge >= 0.3 is 0 Å². The van der Waals surface area contributed by atoms with Gasteiger partial charge in [0, 0.05) is 44.2 Å². The van der Waals surface area contributed by atoms with Crippen LogP contribution >= 0.6 is 0 Å². The van der Waals surface area contributed by atoms with Crippen molar-refractivity contribution in [2.75, 3.05) is 13.1 Å². The Balaban J connectivity index is 1.34. The van der Waals surface area contributed by atoms with Gasteiger partial charge in [0.25, 0.3) is 5.91 Å². The molecule has 1 saturated heterocycles. The Hall–Kier alpha value is -3.03. The van der Waals surface area contributed by atoms with Crippen LogP contribution in [0.4, 0.5) is 0 Å². The predicted octanol–water partition coefficient (Wildman–Crippen LogP) is 1.51. The van der Waals surface area contributed by atoms with Crippen molar-refractivity contribution in [1.29, 1.82) is 0 Å². The van der Waals surface area contributed by atoms with Crippen LogP contribution < -0.4 is 11.1 Å². The van der Waals surface area contributed by atoms with Crippen molar-refractivity contribution in [2.45, 2.75) is 44.4 Å². The molecule has 3 N–H and O–H groups in total. The summed E-state index contributed by atoms with van der Waals surface area (Å²) in [6.45, 7) is 2.59. The topological polar surface area (TPSA) is 95.7 Å². The molecule has 3 heterocycles. The zero-order valence-corrected chi connectivity index (χ0v) is 17.3. The smallest absolute Gasteiger partial charge is 0.255 e. The molecule has 3 aliphatic heterocycles. The van der Waals surface area contributed by atoms with Crippen LogP contribution in [0.15, 0.2) is 42.5 Å². The highest BCUT2D eigenvalue weighted by atomic mass is 16.2. The summed E-state index contributed by atoms with van der Waals surface area (Å²) in [6, 6.07) is 14.0. The highest BCUT2D eigenvalue weighted by molar-refractivity contribution is 6.05. The van der Waals surface area contributed by atoms with Crippen molar-refractivity contribution in [2.24, 2.45) is 5.73 Å². The average Bonchev–Trinajstić information content (AvgIpc) is 3.09. The normalized spacial score (nSPS) is 23.5. The number of imide groups is 1. The summed E-state index contributed by atoms with van der Waals surface area (Å²) in [7, 11) is 0. The highest BCUT2D eigenvalue weighted by Gasteiger charge is 2.39. The van der Waals surface area contributed by atoms with E-state index in [-0.39, 0.29) is 30.2 Å². The van der Waals surface area contributed by atoms with Gasteiger partial charge in [0.1, 0.15) is 6.04 Å². The van der Waals surface area contributed by atoms with E-state index in [1.807, 2.05) is 12.1 Å². The van der Waals surface area contributed by atoms with E-state index < -0.39 is 6.04 Å². The largest absolute Gasteiger partial charge is 0.329 e. The molecule has 160 valence electrons. The third kappa shape index (κ3) is 3.54. The van der Waals surface area contributed by atoms with E-state index in [9.17, 15) is 14.4 Å². The number of nitrogens with one attached hydrogen (secondary N) is 1. The van der Waals surface area contributed by atoms with Crippen LogP contribution in [-0.2, 0) is 29.1 Å². The van der Waals surface area contributed by atoms with Gasteiger partial charge in [-0.1, -0.05) is 36.4 Å². The lowest BCUT2D eigenvalue weighted by atomic mass is 9.92. The number of rotatable bonds is 4. The lowest BCUT2D eigenvalue weighted by Crippen LogP contribution is -2.52. The number of hydrogen-bond acceptors (Lipinski definition) is 5. The number of nitrogens with two attached hydrogens (primary N) is 1. The first kappa shape index (κ1) is 19.9. The molecule has 0 aromatic heterocycles. The molecule has 3 aliphatic rings. The maximum atomic E-state index is 13.1. The number of benzene rings is 2. The third-order valence-electron chi connectivity index (χ3n) is 6.72. The zero-order chi connectivity index (χ0) is 21.5. The predicted molar refractivity (Wildman–Crippen MR) is 115 cm³/mol. The Morgan fingerprint density at radius 1 is 1.03 bits per heavy atom. The van der Waals surface area contributed by atoms with Crippen LogP contribution in [0.2, 0.25) is 0 Å². The monoisotopic (exact) mass is 418 g/mol. The van der Waals surface area contributed by atoms with Crippen LogP contribution in [-0.4, -0.2) is 46.7 Å². The molecular formula is C24H26N4O3.